The van der Waals surface area contributed by atoms with Crippen LogP contribution in [0, 0.1) is 0 Å². The summed E-state index contributed by atoms with van der Waals surface area (Å²) in [6.07, 6.45) is 2.60. The lowest BCUT2D eigenvalue weighted by Gasteiger charge is -2.27. The van der Waals surface area contributed by atoms with E-state index in [4.69, 9.17) is 11.5 Å². The van der Waals surface area contributed by atoms with Gasteiger partial charge in [-0.15, -0.1) is 0 Å². The first-order valence-electron chi connectivity index (χ1n) is 6.41. The Morgan fingerprint density at radius 3 is 2.79 bits per heavy atom. The predicted octanol–water partition coefficient (Wildman–Crippen LogP) is 0.338. The molecule has 1 aromatic rings. The van der Waals surface area contributed by atoms with E-state index in [-0.39, 0.29) is 23.5 Å². The summed E-state index contributed by atoms with van der Waals surface area (Å²) >= 11 is 0. The summed E-state index contributed by atoms with van der Waals surface area (Å²) in [5, 5.41) is 22.5. The molecule has 1 heterocycles. The number of aromatic hydroxyl groups is 2. The van der Waals surface area contributed by atoms with Gasteiger partial charge in [0, 0.05) is 12.6 Å². The smallest absolute Gasteiger partial charge is 0.185 e. The van der Waals surface area contributed by atoms with Gasteiger partial charge in [0.15, 0.2) is 17.5 Å². The maximum Gasteiger partial charge on any atom is 0.185 e. The molecule has 6 nitrogen and oxygen atoms in total. The number of fused-ring (bicyclic) bond motifs is 1. The maximum absolute atomic E-state index is 9.60. The minimum absolute atomic E-state index is 0.0556. The van der Waals surface area contributed by atoms with Crippen LogP contribution >= 0.6 is 0 Å². The third-order valence-electron chi connectivity index (χ3n) is 3.34. The number of rotatable bonds is 4. The van der Waals surface area contributed by atoms with E-state index in [9.17, 15) is 10.2 Å². The number of nitrogens with two attached hydrogens (primary N) is 2. The van der Waals surface area contributed by atoms with Crippen molar-refractivity contribution in [3.05, 3.63) is 23.3 Å². The third kappa shape index (κ3) is 3.29. The summed E-state index contributed by atoms with van der Waals surface area (Å²) in [5.41, 5.74) is 12.7. The molecule has 1 aromatic carbocycles. The van der Waals surface area contributed by atoms with E-state index in [1.165, 1.54) is 0 Å². The molecule has 0 fully saturated rings. The van der Waals surface area contributed by atoms with Gasteiger partial charge in [-0.2, -0.15) is 0 Å². The molecule has 19 heavy (non-hydrogen) atoms. The second-order valence-corrected chi connectivity index (χ2v) is 4.75. The second kappa shape index (κ2) is 5.79. The van der Waals surface area contributed by atoms with Crippen molar-refractivity contribution in [2.75, 3.05) is 13.1 Å². The van der Waals surface area contributed by atoms with Crippen LogP contribution in [0.3, 0.4) is 0 Å². The molecule has 6 heteroatoms. The van der Waals surface area contributed by atoms with E-state index in [1.807, 2.05) is 0 Å². The van der Waals surface area contributed by atoms with Gasteiger partial charge in [-0.05, 0) is 49.1 Å². The number of aliphatic imine (C=N–C) groups is 1. The fraction of sp³-hybridized carbons (Fsp3) is 0.462. The molecule has 0 aromatic heterocycles. The fourth-order valence-electron chi connectivity index (χ4n) is 2.43. The zero-order valence-electron chi connectivity index (χ0n) is 10.8. The van der Waals surface area contributed by atoms with E-state index in [0.29, 0.717) is 6.54 Å². The van der Waals surface area contributed by atoms with Gasteiger partial charge in [-0.1, -0.05) is 0 Å². The van der Waals surface area contributed by atoms with Gasteiger partial charge in [0.1, 0.15) is 0 Å². The largest absolute Gasteiger partial charge is 0.504 e. The van der Waals surface area contributed by atoms with Crippen molar-refractivity contribution < 1.29 is 10.2 Å². The molecule has 0 radical (unpaired) electrons. The number of nitrogens with zero attached hydrogens (tertiary/aromatic N) is 1. The Morgan fingerprint density at radius 2 is 2.05 bits per heavy atom. The number of benzene rings is 1. The van der Waals surface area contributed by atoms with Crippen molar-refractivity contribution >= 4 is 5.96 Å². The van der Waals surface area contributed by atoms with Crippen LogP contribution in [0.5, 0.6) is 11.5 Å². The molecule has 0 saturated carbocycles. The minimum Gasteiger partial charge on any atom is -0.504 e. The normalized spacial score (nSPS) is 17.8. The van der Waals surface area contributed by atoms with E-state index < -0.39 is 0 Å². The quantitative estimate of drug-likeness (QED) is 0.233. The van der Waals surface area contributed by atoms with Crippen LogP contribution in [-0.2, 0) is 6.42 Å². The predicted molar refractivity (Wildman–Crippen MR) is 74.1 cm³/mol. The molecule has 7 N–H and O–H groups in total. The van der Waals surface area contributed by atoms with Crippen molar-refractivity contribution in [1.82, 2.24) is 5.32 Å². The van der Waals surface area contributed by atoms with Crippen LogP contribution in [0.15, 0.2) is 17.1 Å². The Morgan fingerprint density at radius 1 is 1.32 bits per heavy atom. The minimum atomic E-state index is -0.0725. The highest BCUT2D eigenvalue weighted by atomic mass is 16.3. The molecule has 0 saturated heterocycles. The zero-order chi connectivity index (χ0) is 13.8. The first-order valence-corrected chi connectivity index (χ1v) is 6.41. The summed E-state index contributed by atoms with van der Waals surface area (Å²) < 4.78 is 0. The summed E-state index contributed by atoms with van der Waals surface area (Å²) in [5.74, 6) is -0.0175. The van der Waals surface area contributed by atoms with Gasteiger partial charge >= 0.3 is 0 Å². The van der Waals surface area contributed by atoms with Gasteiger partial charge in [0.25, 0.3) is 0 Å². The second-order valence-electron chi connectivity index (χ2n) is 4.75. The molecule has 2 rings (SSSR count). The maximum atomic E-state index is 9.60. The molecule has 0 bridgehead atoms. The number of nitrogens with one attached hydrogen (secondary N) is 1. The topological polar surface area (TPSA) is 117 Å². The molecule has 0 amide bonds. The lowest BCUT2D eigenvalue weighted by atomic mass is 9.91. The van der Waals surface area contributed by atoms with Crippen molar-refractivity contribution in [2.45, 2.75) is 25.3 Å². The molecule has 1 aliphatic rings. The van der Waals surface area contributed by atoms with Crippen LogP contribution in [-0.4, -0.2) is 29.3 Å². The van der Waals surface area contributed by atoms with E-state index in [2.05, 4.69) is 10.3 Å². The monoisotopic (exact) mass is 264 g/mol. The van der Waals surface area contributed by atoms with Crippen LogP contribution in [0.25, 0.3) is 0 Å². The Balaban J connectivity index is 2.05. The van der Waals surface area contributed by atoms with Gasteiger partial charge in [-0.3, -0.25) is 4.99 Å². The molecule has 0 aliphatic carbocycles. The molecule has 0 unspecified atom stereocenters. The summed E-state index contributed by atoms with van der Waals surface area (Å²) in [6.45, 7) is 1.46. The van der Waals surface area contributed by atoms with Crippen molar-refractivity contribution in [2.24, 2.45) is 16.5 Å². The zero-order valence-corrected chi connectivity index (χ0v) is 10.8. The Kier molecular flexibility index (Phi) is 4.11. The van der Waals surface area contributed by atoms with Crippen LogP contribution < -0.4 is 16.8 Å². The highest BCUT2D eigenvalue weighted by Crippen LogP contribution is 2.35. The van der Waals surface area contributed by atoms with Gasteiger partial charge < -0.3 is 27.0 Å². The molecule has 1 atom stereocenters. The molecule has 104 valence electrons. The van der Waals surface area contributed by atoms with Crippen molar-refractivity contribution in [3.8, 4) is 11.5 Å². The highest BCUT2D eigenvalue weighted by Gasteiger charge is 2.21. The Bertz CT molecular complexity index is 484. The Labute approximate surface area is 112 Å². The van der Waals surface area contributed by atoms with Crippen LogP contribution in [0.1, 0.15) is 30.0 Å². The lowest BCUT2D eigenvalue weighted by molar-refractivity contribution is 0.396. The first kappa shape index (κ1) is 13.5. The Hall–Kier alpha value is -1.95. The van der Waals surface area contributed by atoms with E-state index >= 15 is 0 Å². The molecular weight excluding hydrogens is 244 g/mol. The summed E-state index contributed by atoms with van der Waals surface area (Å²) in [6, 6.07) is 3.46. The van der Waals surface area contributed by atoms with Crippen LogP contribution in [0.2, 0.25) is 0 Å². The van der Waals surface area contributed by atoms with Crippen LogP contribution in [0.4, 0.5) is 0 Å². The van der Waals surface area contributed by atoms with E-state index in [1.54, 1.807) is 12.1 Å². The highest BCUT2D eigenvalue weighted by molar-refractivity contribution is 5.75. The fourth-order valence-corrected chi connectivity index (χ4v) is 2.43. The SMILES string of the molecule is NC(N)=NCCC[C@@H]1NCCc2cc(O)c(O)cc21. The van der Waals surface area contributed by atoms with Crippen molar-refractivity contribution in [3.63, 3.8) is 0 Å². The summed E-state index contributed by atoms with van der Waals surface area (Å²) in [4.78, 5) is 3.95. The van der Waals surface area contributed by atoms with Gasteiger partial charge in [0.05, 0.1) is 0 Å². The standard InChI is InChI=1S/C13H20N4O2/c14-13(15)17-4-1-2-10-9-7-12(19)11(18)6-8(9)3-5-16-10/h6-7,10,16,18-19H,1-5H2,(H4,14,15,17)/t10-/m0/s1. The van der Waals surface area contributed by atoms with Crippen molar-refractivity contribution in [1.29, 1.82) is 0 Å². The molecule has 0 spiro atoms. The first-order chi connectivity index (χ1) is 9.08. The number of phenols is 2. The van der Waals surface area contributed by atoms with E-state index in [0.717, 1.165) is 36.9 Å². The number of hydrogen-bond donors (Lipinski definition) is 5. The lowest BCUT2D eigenvalue weighted by Crippen LogP contribution is -2.30. The number of phenolic OH excluding ortho intramolecular Hbond substituents is 2. The number of hydrogen-bond acceptors (Lipinski definition) is 4. The average molecular weight is 264 g/mol. The molecular formula is C13H20N4O2. The summed E-state index contributed by atoms with van der Waals surface area (Å²) in [7, 11) is 0. The van der Waals surface area contributed by atoms with Gasteiger partial charge in [0.2, 0.25) is 0 Å². The third-order valence-corrected chi connectivity index (χ3v) is 3.34. The molecule has 1 aliphatic heterocycles. The number of guanidine groups is 1. The average Bonchev–Trinajstić information content (AvgIpc) is 2.36. The van der Waals surface area contributed by atoms with Gasteiger partial charge in [-0.25, -0.2) is 0 Å².